The Morgan fingerprint density at radius 2 is 2.00 bits per heavy atom. The fraction of sp³-hybridized carbons (Fsp3) is 0.133. The molecule has 0 fully saturated rings. The molecule has 0 radical (unpaired) electrons. The molecule has 0 amide bonds. The van der Waals surface area contributed by atoms with Crippen LogP contribution in [0.5, 0.6) is 0 Å². The lowest BCUT2D eigenvalue weighted by Gasteiger charge is -2.07. The monoisotopic (exact) mass is 340 g/mol. The highest BCUT2D eigenvalue weighted by atomic mass is 79.9. The third-order valence-corrected chi connectivity index (χ3v) is 3.71. The molecule has 0 spiro atoms. The summed E-state index contributed by atoms with van der Waals surface area (Å²) in [6.45, 7) is 1.85. The van der Waals surface area contributed by atoms with Gasteiger partial charge in [-0.1, -0.05) is 33.6 Å². The maximum atomic E-state index is 13.2. The first kappa shape index (κ1) is 14.2. The molecule has 0 aliphatic carbocycles. The number of halogens is 3. The molecule has 98 valence electrons. The Bertz CT molecular complexity index is 640. The minimum absolute atomic E-state index is 0.125. The molecular formula is C15H11BrClFO. The normalized spacial score (nSPS) is 10.5. The number of carbonyl (C=O) groups excluding carboxylic acids is 1. The van der Waals surface area contributed by atoms with Crippen molar-refractivity contribution in [3.63, 3.8) is 0 Å². The van der Waals surface area contributed by atoms with Crippen LogP contribution >= 0.6 is 27.5 Å². The van der Waals surface area contributed by atoms with E-state index < -0.39 is 0 Å². The summed E-state index contributed by atoms with van der Waals surface area (Å²) < 4.78 is 14.0. The van der Waals surface area contributed by atoms with Crippen molar-refractivity contribution >= 4 is 33.3 Å². The molecule has 19 heavy (non-hydrogen) atoms. The number of carbonyl (C=O) groups is 1. The maximum absolute atomic E-state index is 13.2. The van der Waals surface area contributed by atoms with Gasteiger partial charge in [-0.2, -0.15) is 0 Å². The third-order valence-electron chi connectivity index (χ3n) is 2.89. The smallest absolute Gasteiger partial charge is 0.168 e. The van der Waals surface area contributed by atoms with Gasteiger partial charge in [0.2, 0.25) is 0 Å². The van der Waals surface area contributed by atoms with Gasteiger partial charge in [0, 0.05) is 16.5 Å². The molecular weight excluding hydrogens is 331 g/mol. The minimum Gasteiger partial charge on any atom is -0.294 e. The predicted molar refractivity (Wildman–Crippen MR) is 78.3 cm³/mol. The van der Waals surface area contributed by atoms with Crippen LogP contribution in [-0.4, -0.2) is 5.78 Å². The van der Waals surface area contributed by atoms with Crippen LogP contribution < -0.4 is 0 Å². The number of benzene rings is 2. The Hall–Kier alpha value is -1.19. The van der Waals surface area contributed by atoms with E-state index in [-0.39, 0.29) is 18.0 Å². The molecule has 0 saturated heterocycles. The number of rotatable bonds is 3. The second-order valence-electron chi connectivity index (χ2n) is 4.29. The predicted octanol–water partition coefficient (Wildman–Crippen LogP) is 4.98. The van der Waals surface area contributed by atoms with Crippen molar-refractivity contribution in [2.24, 2.45) is 0 Å². The molecule has 2 aromatic rings. The fourth-order valence-corrected chi connectivity index (χ4v) is 2.39. The summed E-state index contributed by atoms with van der Waals surface area (Å²) in [6.07, 6.45) is 0.139. The highest BCUT2D eigenvalue weighted by Gasteiger charge is 2.13. The van der Waals surface area contributed by atoms with E-state index in [9.17, 15) is 9.18 Å². The zero-order valence-electron chi connectivity index (χ0n) is 10.2. The van der Waals surface area contributed by atoms with Crippen LogP contribution in [0.2, 0.25) is 5.02 Å². The standard InChI is InChI=1S/C15H11BrClFO/c1-9-2-4-12(18)6-10(9)7-15(19)13-8-11(16)3-5-14(13)17/h2-6,8H,7H2,1H3. The summed E-state index contributed by atoms with van der Waals surface area (Å²) >= 11 is 9.32. The summed E-state index contributed by atoms with van der Waals surface area (Å²) in [4.78, 5) is 12.2. The quantitative estimate of drug-likeness (QED) is 0.720. The van der Waals surface area contributed by atoms with Crippen LogP contribution in [-0.2, 0) is 6.42 Å². The van der Waals surface area contributed by atoms with E-state index in [1.807, 2.05) is 6.92 Å². The Kier molecular flexibility index (Phi) is 4.38. The van der Waals surface area contributed by atoms with Crippen molar-refractivity contribution in [3.05, 3.63) is 68.4 Å². The summed E-state index contributed by atoms with van der Waals surface area (Å²) in [7, 11) is 0. The second-order valence-corrected chi connectivity index (χ2v) is 5.62. The van der Waals surface area contributed by atoms with Gasteiger partial charge in [-0.3, -0.25) is 4.79 Å². The molecule has 0 N–H and O–H groups in total. The van der Waals surface area contributed by atoms with Crippen molar-refractivity contribution < 1.29 is 9.18 Å². The van der Waals surface area contributed by atoms with Crippen molar-refractivity contribution in [1.82, 2.24) is 0 Å². The first-order valence-electron chi connectivity index (χ1n) is 5.70. The van der Waals surface area contributed by atoms with E-state index >= 15 is 0 Å². The van der Waals surface area contributed by atoms with Crippen molar-refractivity contribution in [3.8, 4) is 0 Å². The Morgan fingerprint density at radius 1 is 1.26 bits per heavy atom. The molecule has 0 bridgehead atoms. The van der Waals surface area contributed by atoms with Crippen LogP contribution in [0.1, 0.15) is 21.5 Å². The van der Waals surface area contributed by atoms with Crippen molar-refractivity contribution in [2.45, 2.75) is 13.3 Å². The highest BCUT2D eigenvalue weighted by molar-refractivity contribution is 9.10. The Balaban J connectivity index is 2.30. The van der Waals surface area contributed by atoms with Crippen molar-refractivity contribution in [2.75, 3.05) is 0 Å². The fourth-order valence-electron chi connectivity index (χ4n) is 1.81. The molecule has 2 aromatic carbocycles. The Morgan fingerprint density at radius 3 is 2.74 bits per heavy atom. The Labute approximate surface area is 124 Å². The van der Waals surface area contributed by atoms with Gasteiger partial charge in [-0.15, -0.1) is 0 Å². The second kappa shape index (κ2) is 5.85. The lowest BCUT2D eigenvalue weighted by atomic mass is 9.99. The molecule has 1 nitrogen and oxygen atoms in total. The number of aryl methyl sites for hydroxylation is 1. The molecule has 0 heterocycles. The van der Waals surface area contributed by atoms with Gasteiger partial charge in [-0.25, -0.2) is 4.39 Å². The van der Waals surface area contributed by atoms with E-state index in [1.165, 1.54) is 12.1 Å². The molecule has 0 atom stereocenters. The zero-order chi connectivity index (χ0) is 14.0. The molecule has 0 aromatic heterocycles. The summed E-state index contributed by atoms with van der Waals surface area (Å²) in [5.41, 5.74) is 2.02. The minimum atomic E-state index is -0.339. The molecule has 4 heteroatoms. The van der Waals surface area contributed by atoms with Gasteiger partial charge in [0.05, 0.1) is 5.02 Å². The van der Waals surface area contributed by atoms with Gasteiger partial charge in [0.1, 0.15) is 5.82 Å². The summed E-state index contributed by atoms with van der Waals surface area (Å²) in [5, 5.41) is 0.405. The molecule has 0 aliphatic rings. The van der Waals surface area contributed by atoms with Crippen molar-refractivity contribution in [1.29, 1.82) is 0 Å². The summed E-state index contributed by atoms with van der Waals surface area (Å²) in [5.74, 6) is -0.464. The molecule has 0 unspecified atom stereocenters. The van der Waals surface area contributed by atoms with Gasteiger partial charge in [0.15, 0.2) is 5.78 Å². The van der Waals surface area contributed by atoms with Gasteiger partial charge < -0.3 is 0 Å². The van der Waals surface area contributed by atoms with Gasteiger partial charge in [0.25, 0.3) is 0 Å². The van der Waals surface area contributed by atoms with E-state index in [0.29, 0.717) is 16.1 Å². The van der Waals surface area contributed by atoms with Crippen LogP contribution in [0.4, 0.5) is 4.39 Å². The number of hydrogen-bond donors (Lipinski definition) is 0. The topological polar surface area (TPSA) is 17.1 Å². The van der Waals surface area contributed by atoms with Crippen LogP contribution in [0.15, 0.2) is 40.9 Å². The first-order valence-corrected chi connectivity index (χ1v) is 6.88. The lowest BCUT2D eigenvalue weighted by Crippen LogP contribution is -2.06. The van der Waals surface area contributed by atoms with E-state index in [4.69, 9.17) is 11.6 Å². The zero-order valence-corrected chi connectivity index (χ0v) is 12.6. The van der Waals surface area contributed by atoms with Crippen LogP contribution in [0.3, 0.4) is 0 Å². The lowest BCUT2D eigenvalue weighted by molar-refractivity contribution is 0.0993. The van der Waals surface area contributed by atoms with Crippen LogP contribution in [0, 0.1) is 12.7 Å². The van der Waals surface area contributed by atoms with Gasteiger partial charge >= 0.3 is 0 Å². The number of hydrogen-bond acceptors (Lipinski definition) is 1. The largest absolute Gasteiger partial charge is 0.294 e. The molecule has 0 saturated carbocycles. The van der Waals surface area contributed by atoms with E-state index in [2.05, 4.69) is 15.9 Å². The SMILES string of the molecule is Cc1ccc(F)cc1CC(=O)c1cc(Br)ccc1Cl. The molecule has 2 rings (SSSR count). The van der Waals surface area contributed by atoms with E-state index in [0.717, 1.165) is 10.0 Å². The van der Waals surface area contributed by atoms with Crippen LogP contribution in [0.25, 0.3) is 0 Å². The number of ketones is 1. The average molecular weight is 342 g/mol. The number of Topliss-reactive ketones (excluding diaryl/α,β-unsaturated/α-hetero) is 1. The highest BCUT2D eigenvalue weighted by Crippen LogP contribution is 2.23. The van der Waals surface area contributed by atoms with Gasteiger partial charge in [-0.05, 0) is 48.4 Å². The summed E-state index contributed by atoms with van der Waals surface area (Å²) in [6, 6.07) is 9.55. The maximum Gasteiger partial charge on any atom is 0.168 e. The van der Waals surface area contributed by atoms with E-state index in [1.54, 1.807) is 24.3 Å². The third kappa shape index (κ3) is 3.43. The average Bonchev–Trinajstić information content (AvgIpc) is 2.36. The first-order chi connectivity index (χ1) is 8.97. The molecule has 0 aliphatic heterocycles.